The van der Waals surface area contributed by atoms with Gasteiger partial charge in [0.05, 0.1) is 12.2 Å². The van der Waals surface area contributed by atoms with Gasteiger partial charge in [-0.3, -0.25) is 4.55 Å². The van der Waals surface area contributed by atoms with E-state index in [9.17, 15) is 13.5 Å². The van der Waals surface area contributed by atoms with Gasteiger partial charge in [0.1, 0.15) is 0 Å². The smallest absolute Gasteiger partial charge is 0.393 e. The average Bonchev–Trinajstić information content (AvgIpc) is 3.08. The van der Waals surface area contributed by atoms with Crippen molar-refractivity contribution in [2.45, 2.75) is 111 Å². The van der Waals surface area contributed by atoms with Crippen LogP contribution in [0.15, 0.2) is 11.6 Å². The van der Waals surface area contributed by atoms with E-state index in [0.29, 0.717) is 36.0 Å². The summed E-state index contributed by atoms with van der Waals surface area (Å²) in [5.41, 5.74) is 1.89. The minimum Gasteiger partial charge on any atom is -0.393 e. The summed E-state index contributed by atoms with van der Waals surface area (Å²) in [5.74, 6) is 3.89. The van der Waals surface area contributed by atoms with Crippen LogP contribution in [0.2, 0.25) is 0 Å². The monoisotopic (exact) mass is 482 g/mol. The number of hydrogen-bond acceptors (Lipinski definition) is 4. The van der Waals surface area contributed by atoms with Gasteiger partial charge in [-0.25, -0.2) is 4.18 Å². The van der Waals surface area contributed by atoms with Crippen molar-refractivity contribution >= 4 is 10.4 Å². The molecule has 6 heteroatoms. The first kappa shape index (κ1) is 25.7. The van der Waals surface area contributed by atoms with E-state index in [1.807, 2.05) is 0 Å². The lowest BCUT2D eigenvalue weighted by Gasteiger charge is -2.58. The van der Waals surface area contributed by atoms with Crippen LogP contribution in [0.4, 0.5) is 0 Å². The van der Waals surface area contributed by atoms with Gasteiger partial charge in [0.2, 0.25) is 0 Å². The van der Waals surface area contributed by atoms with Crippen molar-refractivity contribution in [1.82, 2.24) is 0 Å². The highest BCUT2D eigenvalue weighted by molar-refractivity contribution is 7.80. The van der Waals surface area contributed by atoms with Crippen LogP contribution in [0.25, 0.3) is 0 Å². The zero-order valence-corrected chi connectivity index (χ0v) is 22.1. The maximum atomic E-state index is 11.2. The van der Waals surface area contributed by atoms with E-state index in [2.05, 4.69) is 40.7 Å². The fraction of sp³-hybridized carbons (Fsp3) is 0.926. The summed E-state index contributed by atoms with van der Waals surface area (Å²) in [7, 11) is -4.40. The standard InChI is InChI=1S/C27H46O5S/c1-17(2)25(28)11-6-18(3)22-9-10-23-21-8-7-19-16-20(32-33(29,30)31)12-14-26(19,4)24(21)13-15-27(22,23)5/h7,17-18,20-25,28H,6,8-16H2,1-5H3,(H,29,30,31)/t18-,20+,21+,22-,23+,24+,25+,26+,27-/m1/s1. The Balaban J connectivity index is 1.47. The van der Waals surface area contributed by atoms with Crippen molar-refractivity contribution in [3.05, 3.63) is 11.6 Å². The molecule has 0 aromatic rings. The van der Waals surface area contributed by atoms with Gasteiger partial charge in [-0.05, 0) is 111 Å². The largest absolute Gasteiger partial charge is 0.397 e. The van der Waals surface area contributed by atoms with Crippen LogP contribution in [-0.4, -0.2) is 30.3 Å². The molecule has 190 valence electrons. The summed E-state index contributed by atoms with van der Waals surface area (Å²) < 4.78 is 36.5. The molecule has 0 bridgehead atoms. The normalized spacial score (nSPS) is 42.8. The molecule has 0 aliphatic heterocycles. The van der Waals surface area contributed by atoms with Crippen LogP contribution in [0, 0.1) is 46.3 Å². The molecule has 4 aliphatic carbocycles. The third kappa shape index (κ3) is 4.83. The zero-order chi connectivity index (χ0) is 24.2. The van der Waals surface area contributed by atoms with Crippen molar-refractivity contribution in [1.29, 1.82) is 0 Å². The van der Waals surface area contributed by atoms with Gasteiger partial charge >= 0.3 is 10.4 Å². The first-order valence-electron chi connectivity index (χ1n) is 13.4. The van der Waals surface area contributed by atoms with Crippen LogP contribution in [-0.2, 0) is 14.6 Å². The SMILES string of the molecule is CC(C)[C@@H](O)CC[C@@H](C)[C@H]1CC[C@H]2[C@@H]3CC=C4C[C@@H](OS(=O)(=O)O)CC[C@]4(C)[C@H]3CC[C@]12C. The van der Waals surface area contributed by atoms with Gasteiger partial charge in [0.25, 0.3) is 0 Å². The molecule has 3 fully saturated rings. The van der Waals surface area contributed by atoms with Gasteiger partial charge in [-0.15, -0.1) is 0 Å². The molecule has 2 N–H and O–H groups in total. The Kier molecular flexibility index (Phi) is 7.17. The Morgan fingerprint density at radius 2 is 1.79 bits per heavy atom. The number of hydrogen-bond donors (Lipinski definition) is 2. The summed E-state index contributed by atoms with van der Waals surface area (Å²) in [6.45, 7) is 11.6. The maximum Gasteiger partial charge on any atom is 0.397 e. The molecule has 4 aliphatic rings. The Hall–Kier alpha value is -0.430. The van der Waals surface area contributed by atoms with Crippen LogP contribution in [0.5, 0.6) is 0 Å². The van der Waals surface area contributed by atoms with Crippen molar-refractivity contribution in [3.63, 3.8) is 0 Å². The van der Waals surface area contributed by atoms with E-state index < -0.39 is 16.5 Å². The van der Waals surface area contributed by atoms with E-state index in [4.69, 9.17) is 8.74 Å². The maximum absolute atomic E-state index is 11.2. The summed E-state index contributed by atoms with van der Waals surface area (Å²) in [4.78, 5) is 0. The lowest BCUT2D eigenvalue weighted by molar-refractivity contribution is -0.0567. The molecule has 0 aromatic heterocycles. The molecule has 5 nitrogen and oxygen atoms in total. The van der Waals surface area contributed by atoms with Crippen LogP contribution in [0.3, 0.4) is 0 Å². The van der Waals surface area contributed by atoms with E-state index in [0.717, 1.165) is 43.4 Å². The highest BCUT2D eigenvalue weighted by Gasteiger charge is 2.59. The zero-order valence-electron chi connectivity index (χ0n) is 21.3. The number of aliphatic hydroxyl groups excluding tert-OH is 1. The molecule has 9 atom stereocenters. The van der Waals surface area contributed by atoms with E-state index in [1.54, 1.807) is 0 Å². The third-order valence-corrected chi connectivity index (χ3v) is 11.3. The van der Waals surface area contributed by atoms with Gasteiger partial charge < -0.3 is 5.11 Å². The molecule has 0 saturated heterocycles. The topological polar surface area (TPSA) is 83.8 Å². The molecule has 0 aromatic carbocycles. The van der Waals surface area contributed by atoms with Crippen LogP contribution < -0.4 is 0 Å². The minimum atomic E-state index is -4.40. The summed E-state index contributed by atoms with van der Waals surface area (Å²) in [6, 6.07) is 0. The van der Waals surface area contributed by atoms with Gasteiger partial charge in [-0.1, -0.05) is 46.3 Å². The first-order chi connectivity index (χ1) is 15.3. The van der Waals surface area contributed by atoms with Crippen LogP contribution in [0.1, 0.15) is 98.8 Å². The van der Waals surface area contributed by atoms with Crippen LogP contribution >= 0.6 is 0 Å². The Morgan fingerprint density at radius 1 is 1.06 bits per heavy atom. The predicted molar refractivity (Wildman–Crippen MR) is 131 cm³/mol. The Labute approximate surface area is 201 Å². The predicted octanol–water partition coefficient (Wildman–Crippen LogP) is 6.19. The number of aliphatic hydroxyl groups is 1. The van der Waals surface area contributed by atoms with Gasteiger partial charge in [-0.2, -0.15) is 8.42 Å². The molecular weight excluding hydrogens is 436 g/mol. The molecule has 3 saturated carbocycles. The molecule has 0 heterocycles. The fourth-order valence-corrected chi connectivity index (χ4v) is 9.33. The van der Waals surface area contributed by atoms with Crippen molar-refractivity contribution in [3.8, 4) is 0 Å². The number of allylic oxidation sites excluding steroid dienone is 1. The average molecular weight is 483 g/mol. The highest BCUT2D eigenvalue weighted by atomic mass is 32.3. The lowest BCUT2D eigenvalue weighted by Crippen LogP contribution is -2.51. The molecule has 0 unspecified atom stereocenters. The van der Waals surface area contributed by atoms with Crippen molar-refractivity contribution in [2.75, 3.05) is 0 Å². The quantitative estimate of drug-likeness (QED) is 0.334. The molecule has 0 amide bonds. The summed E-state index contributed by atoms with van der Waals surface area (Å²) in [6.07, 6.45) is 12.4. The van der Waals surface area contributed by atoms with Gasteiger partial charge in [0.15, 0.2) is 0 Å². The second-order valence-corrected chi connectivity index (χ2v) is 13.8. The number of rotatable bonds is 7. The molecule has 0 radical (unpaired) electrons. The summed E-state index contributed by atoms with van der Waals surface area (Å²) >= 11 is 0. The molecule has 4 rings (SSSR count). The summed E-state index contributed by atoms with van der Waals surface area (Å²) in [5, 5.41) is 10.3. The molecule has 33 heavy (non-hydrogen) atoms. The fourth-order valence-electron chi connectivity index (χ4n) is 8.83. The van der Waals surface area contributed by atoms with E-state index in [-0.39, 0.29) is 11.5 Å². The number of fused-ring (bicyclic) bond motifs is 5. The lowest BCUT2D eigenvalue weighted by atomic mass is 9.47. The van der Waals surface area contributed by atoms with Crippen molar-refractivity contribution in [2.24, 2.45) is 46.3 Å². The molecule has 0 spiro atoms. The van der Waals surface area contributed by atoms with E-state index >= 15 is 0 Å². The Morgan fingerprint density at radius 3 is 2.45 bits per heavy atom. The second kappa shape index (κ2) is 9.22. The molecular formula is C27H46O5S. The van der Waals surface area contributed by atoms with Gasteiger partial charge in [0, 0.05) is 0 Å². The van der Waals surface area contributed by atoms with E-state index in [1.165, 1.54) is 31.3 Å². The third-order valence-electron chi connectivity index (χ3n) is 10.8. The van der Waals surface area contributed by atoms with Crippen molar-refractivity contribution < 1.29 is 22.3 Å². The Bertz CT molecular complexity index is 851. The first-order valence-corrected chi connectivity index (χ1v) is 14.7. The minimum absolute atomic E-state index is 0.133. The second-order valence-electron chi connectivity index (χ2n) is 12.7. The highest BCUT2D eigenvalue weighted by Crippen LogP contribution is 2.67.